The van der Waals surface area contributed by atoms with Crippen LogP contribution in [0.15, 0.2) is 40.2 Å². The number of carbonyl (C=O) groups excluding carboxylic acids is 1. The van der Waals surface area contributed by atoms with Gasteiger partial charge in [0.15, 0.2) is 0 Å². The molecule has 14 heteroatoms. The van der Waals surface area contributed by atoms with Gasteiger partial charge in [0.25, 0.3) is 5.56 Å². The third kappa shape index (κ3) is 4.86. The van der Waals surface area contributed by atoms with Gasteiger partial charge in [-0.15, -0.1) is 4.80 Å². The number of amides is 1. The minimum absolute atomic E-state index is 0.0984. The molecule has 206 valence electrons. The second kappa shape index (κ2) is 11.1. The zero-order valence-electron chi connectivity index (χ0n) is 21.3. The lowest BCUT2D eigenvalue weighted by molar-refractivity contribution is -0.126. The van der Waals surface area contributed by atoms with E-state index in [9.17, 15) is 23.9 Å². The first-order chi connectivity index (χ1) is 18.8. The Labute approximate surface area is 225 Å². The Hall–Kier alpha value is -3.88. The van der Waals surface area contributed by atoms with Crippen molar-refractivity contribution < 1.29 is 23.8 Å². The summed E-state index contributed by atoms with van der Waals surface area (Å²) in [5.74, 6) is -0.621. The highest BCUT2D eigenvalue weighted by Gasteiger charge is 2.31. The van der Waals surface area contributed by atoms with Crippen LogP contribution in [0.5, 0.6) is 5.75 Å². The number of carbonyl (C=O) groups is 1. The summed E-state index contributed by atoms with van der Waals surface area (Å²) in [6.07, 6.45) is 2.98. The number of hydrogen-bond donors (Lipinski definition) is 2. The van der Waals surface area contributed by atoms with Crippen LogP contribution in [-0.4, -0.2) is 62.0 Å². The van der Waals surface area contributed by atoms with Gasteiger partial charge in [-0.3, -0.25) is 14.2 Å². The van der Waals surface area contributed by atoms with Crippen LogP contribution in [0, 0.1) is 12.7 Å². The van der Waals surface area contributed by atoms with E-state index < -0.39 is 35.1 Å². The number of benzene rings is 1. The van der Waals surface area contributed by atoms with Crippen molar-refractivity contribution in [2.24, 2.45) is 0 Å². The Morgan fingerprint density at radius 1 is 1.26 bits per heavy atom. The predicted molar refractivity (Wildman–Crippen MR) is 140 cm³/mol. The van der Waals surface area contributed by atoms with Crippen molar-refractivity contribution in [2.45, 2.75) is 38.5 Å². The molecule has 1 amide bonds. The number of halogens is 1. The van der Waals surface area contributed by atoms with Crippen LogP contribution in [0.25, 0.3) is 15.2 Å². The van der Waals surface area contributed by atoms with Gasteiger partial charge in [0, 0.05) is 17.7 Å². The average Bonchev–Trinajstić information content (AvgIpc) is 3.57. The lowest BCUT2D eigenvalue weighted by Gasteiger charge is -2.26. The molecule has 1 unspecified atom stereocenters. The molecule has 1 aliphatic heterocycles. The second-order valence-corrected chi connectivity index (χ2v) is 10.00. The number of aryl methyl sites for hydroxylation is 1. The molecule has 0 aliphatic carbocycles. The molecular weight excluding hydrogens is 531 g/mol. The number of nitrogens with zero attached hydrogens (tertiary/aromatic N) is 5. The largest absolute Gasteiger partial charge is 0.496 e. The van der Waals surface area contributed by atoms with Crippen LogP contribution in [0.1, 0.15) is 36.1 Å². The maximum Gasteiger partial charge on any atom is 0.332 e. The second-order valence-electron chi connectivity index (χ2n) is 9.02. The summed E-state index contributed by atoms with van der Waals surface area (Å²) in [6, 6.07) is 2.94. The highest BCUT2D eigenvalue weighted by Crippen LogP contribution is 2.34. The Bertz CT molecular complexity index is 1630. The van der Waals surface area contributed by atoms with E-state index in [0.29, 0.717) is 46.1 Å². The normalized spacial score (nSPS) is 16.4. The van der Waals surface area contributed by atoms with E-state index in [1.165, 1.54) is 47.1 Å². The molecule has 1 fully saturated rings. The third-order valence-corrected chi connectivity index (χ3v) is 7.96. The fourth-order valence-electron chi connectivity index (χ4n) is 4.86. The molecule has 3 aromatic heterocycles. The molecule has 1 aliphatic rings. The maximum absolute atomic E-state index is 14.3. The number of aliphatic hydroxyl groups is 1. The van der Waals surface area contributed by atoms with Crippen molar-refractivity contribution in [3.05, 3.63) is 68.4 Å². The predicted octanol–water partition coefficient (Wildman–Crippen LogP) is 1.46. The van der Waals surface area contributed by atoms with Crippen LogP contribution >= 0.6 is 11.3 Å². The number of nitrogens with one attached hydrogen (secondary N) is 1. The number of rotatable bonds is 9. The minimum Gasteiger partial charge on any atom is -0.496 e. The minimum atomic E-state index is -0.986. The van der Waals surface area contributed by atoms with E-state index in [0.717, 1.165) is 15.9 Å². The first-order valence-corrected chi connectivity index (χ1v) is 13.2. The maximum atomic E-state index is 14.3. The van der Waals surface area contributed by atoms with E-state index >= 15 is 0 Å². The van der Waals surface area contributed by atoms with Gasteiger partial charge in [-0.1, -0.05) is 11.3 Å². The number of piperidine rings is 1. The quantitative estimate of drug-likeness (QED) is 0.315. The first kappa shape index (κ1) is 26.7. The summed E-state index contributed by atoms with van der Waals surface area (Å²) in [7, 11) is 1.43. The summed E-state index contributed by atoms with van der Waals surface area (Å²) in [4.78, 5) is 42.3. The van der Waals surface area contributed by atoms with Gasteiger partial charge in [-0.25, -0.2) is 13.8 Å². The molecule has 4 heterocycles. The number of hydrogen-bond acceptors (Lipinski definition) is 9. The molecule has 0 spiro atoms. The van der Waals surface area contributed by atoms with Crippen LogP contribution in [0.4, 0.5) is 4.39 Å². The molecule has 39 heavy (non-hydrogen) atoms. The SMILES string of the molecule is COc1ccc(F)cc1[C@H](Cn1c(=O)n(C2CCCNC2=O)c(=O)c2c(C)c(-n3nccn3)sc21)OCCO. The fourth-order valence-corrected chi connectivity index (χ4v) is 6.08. The molecule has 0 saturated carbocycles. The van der Waals surface area contributed by atoms with E-state index in [1.54, 1.807) is 6.92 Å². The molecule has 12 nitrogen and oxygen atoms in total. The molecule has 2 N–H and O–H groups in total. The molecular formula is C25H27FN6O6S. The Balaban J connectivity index is 1.76. The topological polar surface area (TPSA) is 142 Å². The molecule has 5 rings (SSSR count). The van der Waals surface area contributed by atoms with Crippen molar-refractivity contribution in [1.82, 2.24) is 29.4 Å². The summed E-state index contributed by atoms with van der Waals surface area (Å²) >= 11 is 1.14. The average molecular weight is 559 g/mol. The van der Waals surface area contributed by atoms with Gasteiger partial charge in [0.2, 0.25) is 5.91 Å². The lowest BCUT2D eigenvalue weighted by Crippen LogP contribution is -2.49. The van der Waals surface area contributed by atoms with E-state index in [-0.39, 0.29) is 25.1 Å². The lowest BCUT2D eigenvalue weighted by atomic mass is 10.1. The van der Waals surface area contributed by atoms with Gasteiger partial charge in [0.05, 0.1) is 44.6 Å². The van der Waals surface area contributed by atoms with E-state index in [2.05, 4.69) is 15.5 Å². The third-order valence-electron chi connectivity index (χ3n) is 6.68. The van der Waals surface area contributed by atoms with Crippen LogP contribution in [0.3, 0.4) is 0 Å². The highest BCUT2D eigenvalue weighted by atomic mass is 32.1. The monoisotopic (exact) mass is 558 g/mol. The van der Waals surface area contributed by atoms with Crippen LogP contribution in [0.2, 0.25) is 0 Å². The van der Waals surface area contributed by atoms with Crippen molar-refractivity contribution >= 4 is 27.5 Å². The number of ether oxygens (including phenoxy) is 2. The molecule has 0 bridgehead atoms. The van der Waals surface area contributed by atoms with E-state index in [1.807, 2.05) is 0 Å². The first-order valence-electron chi connectivity index (χ1n) is 12.3. The summed E-state index contributed by atoms with van der Waals surface area (Å²) < 4.78 is 28.0. The molecule has 4 aromatic rings. The standard InChI is InChI=1S/C25H27FN6O6S/c1-14-20-22(35)31(17-4-3-7-27-21(17)34)25(36)30(24(20)39-23(14)32-28-8-9-29-32)13-19(38-11-10-33)16-12-15(26)5-6-18(16)37-2/h5-6,8-9,12,17,19,33H,3-4,7,10-11,13H2,1-2H3,(H,27,34)/t17?,19-/m0/s1. The van der Waals surface area contributed by atoms with Gasteiger partial charge >= 0.3 is 5.69 Å². The molecule has 1 saturated heterocycles. The number of thiophene rings is 1. The van der Waals surface area contributed by atoms with Gasteiger partial charge < -0.3 is 19.9 Å². The Kier molecular flexibility index (Phi) is 7.59. The smallest absolute Gasteiger partial charge is 0.332 e. The van der Waals surface area contributed by atoms with Crippen molar-refractivity contribution in [2.75, 3.05) is 26.9 Å². The Morgan fingerprint density at radius 3 is 2.72 bits per heavy atom. The summed E-state index contributed by atoms with van der Waals surface area (Å²) in [5, 5.41) is 21.3. The van der Waals surface area contributed by atoms with Gasteiger partial charge in [-0.05, 0) is 38.0 Å². The van der Waals surface area contributed by atoms with Crippen LogP contribution in [-0.2, 0) is 16.1 Å². The number of aromatic nitrogens is 5. The zero-order valence-corrected chi connectivity index (χ0v) is 22.1. The zero-order chi connectivity index (χ0) is 27.7. The highest BCUT2D eigenvalue weighted by molar-refractivity contribution is 7.21. The van der Waals surface area contributed by atoms with Gasteiger partial charge in [0.1, 0.15) is 33.5 Å². The number of fused-ring (bicyclic) bond motifs is 1. The van der Waals surface area contributed by atoms with Gasteiger partial charge in [-0.2, -0.15) is 10.2 Å². The summed E-state index contributed by atoms with van der Waals surface area (Å²) in [6.45, 7) is 1.62. The Morgan fingerprint density at radius 2 is 2.03 bits per heavy atom. The fraction of sp³-hybridized carbons (Fsp3) is 0.400. The number of aliphatic hydroxyl groups excluding tert-OH is 1. The molecule has 2 atom stereocenters. The van der Waals surface area contributed by atoms with E-state index in [4.69, 9.17) is 9.47 Å². The molecule has 0 radical (unpaired) electrons. The van der Waals surface area contributed by atoms with Crippen LogP contribution < -0.4 is 21.3 Å². The molecule has 1 aromatic carbocycles. The summed E-state index contributed by atoms with van der Waals surface area (Å²) in [5.41, 5.74) is -0.423. The van der Waals surface area contributed by atoms with Crippen molar-refractivity contribution in [3.8, 4) is 10.8 Å². The van der Waals surface area contributed by atoms with Crippen molar-refractivity contribution in [3.63, 3.8) is 0 Å². The number of methoxy groups -OCH3 is 1. The van der Waals surface area contributed by atoms with Crippen molar-refractivity contribution in [1.29, 1.82) is 0 Å².